The minimum absolute atomic E-state index is 0.0496. The molecule has 1 aliphatic rings. The van der Waals surface area contributed by atoms with Gasteiger partial charge in [-0.25, -0.2) is 4.98 Å². The van der Waals surface area contributed by atoms with E-state index in [0.717, 1.165) is 30.9 Å². The van der Waals surface area contributed by atoms with E-state index in [1.807, 2.05) is 12.1 Å². The van der Waals surface area contributed by atoms with Gasteiger partial charge in [0.15, 0.2) is 0 Å². The number of aromatic nitrogens is 2. The molecule has 0 fully saturated rings. The lowest BCUT2D eigenvalue weighted by atomic mass is 9.96. The van der Waals surface area contributed by atoms with Gasteiger partial charge in [0.25, 0.3) is 0 Å². The van der Waals surface area contributed by atoms with E-state index in [9.17, 15) is 10.2 Å². The first-order chi connectivity index (χ1) is 12.5. The molecule has 0 aliphatic carbocycles. The van der Waals surface area contributed by atoms with Crippen LogP contribution in [0.15, 0.2) is 30.5 Å². The van der Waals surface area contributed by atoms with E-state index < -0.39 is 6.10 Å². The highest BCUT2D eigenvalue weighted by Crippen LogP contribution is 2.26. The minimum atomic E-state index is -0.436. The maximum Gasteiger partial charge on any atom is 0.224 e. The number of nitrogens with one attached hydrogen (secondary N) is 1. The molecule has 140 valence electrons. The van der Waals surface area contributed by atoms with Crippen LogP contribution in [0.25, 0.3) is 0 Å². The first-order valence-corrected chi connectivity index (χ1v) is 9.23. The smallest absolute Gasteiger partial charge is 0.224 e. The molecule has 6 heteroatoms. The Balaban J connectivity index is 1.75. The van der Waals surface area contributed by atoms with E-state index in [2.05, 4.69) is 46.2 Å². The van der Waals surface area contributed by atoms with E-state index in [4.69, 9.17) is 0 Å². The fourth-order valence-electron chi connectivity index (χ4n) is 3.21. The summed E-state index contributed by atoms with van der Waals surface area (Å²) in [5.41, 5.74) is 3.53. The zero-order valence-corrected chi connectivity index (χ0v) is 15.7. The van der Waals surface area contributed by atoms with Gasteiger partial charge in [0.05, 0.1) is 18.8 Å². The second-order valence-corrected chi connectivity index (χ2v) is 7.29. The molecule has 0 unspecified atom stereocenters. The van der Waals surface area contributed by atoms with Gasteiger partial charge in [-0.1, -0.05) is 32.0 Å². The predicted molar refractivity (Wildman–Crippen MR) is 103 cm³/mol. The molecule has 1 aliphatic heterocycles. The molecule has 0 amide bonds. The molecule has 0 saturated carbocycles. The van der Waals surface area contributed by atoms with Crippen LogP contribution >= 0.6 is 0 Å². The van der Waals surface area contributed by atoms with E-state index >= 15 is 0 Å². The topological polar surface area (TPSA) is 81.5 Å². The number of hydrogen-bond acceptors (Lipinski definition) is 6. The molecule has 0 saturated heterocycles. The van der Waals surface area contributed by atoms with Gasteiger partial charge in [0, 0.05) is 19.3 Å². The molecule has 3 rings (SSSR count). The first kappa shape index (κ1) is 18.6. The summed E-state index contributed by atoms with van der Waals surface area (Å²) in [5, 5.41) is 22.5. The van der Waals surface area contributed by atoms with Crippen LogP contribution in [0.2, 0.25) is 0 Å². The van der Waals surface area contributed by atoms with E-state index in [-0.39, 0.29) is 18.6 Å². The predicted octanol–water partition coefficient (Wildman–Crippen LogP) is 2.52. The summed E-state index contributed by atoms with van der Waals surface area (Å²) in [6, 6.07) is 8.06. The number of nitrogens with zero attached hydrogens (tertiary/aromatic N) is 3. The lowest BCUT2D eigenvalue weighted by Crippen LogP contribution is -2.33. The zero-order chi connectivity index (χ0) is 18.7. The Labute approximate surface area is 154 Å². The third-order valence-corrected chi connectivity index (χ3v) is 5.01. The van der Waals surface area contributed by atoms with Crippen LogP contribution < -0.4 is 10.2 Å². The van der Waals surface area contributed by atoms with Gasteiger partial charge in [-0.3, -0.25) is 0 Å². The normalized spacial score (nSPS) is 16.3. The third-order valence-electron chi connectivity index (χ3n) is 5.01. The number of aliphatic hydroxyl groups excluding tert-OH is 2. The molecule has 2 atom stereocenters. The first-order valence-electron chi connectivity index (χ1n) is 9.23. The molecule has 2 aromatic rings. The molecular weight excluding hydrogens is 328 g/mol. The van der Waals surface area contributed by atoms with Gasteiger partial charge in [-0.05, 0) is 42.0 Å². The van der Waals surface area contributed by atoms with E-state index in [0.29, 0.717) is 5.95 Å². The van der Waals surface area contributed by atoms with E-state index in [1.165, 1.54) is 11.1 Å². The van der Waals surface area contributed by atoms with Crippen molar-refractivity contribution in [3.8, 4) is 0 Å². The summed E-state index contributed by atoms with van der Waals surface area (Å²) in [4.78, 5) is 11.2. The highest BCUT2D eigenvalue weighted by molar-refractivity contribution is 5.47. The Kier molecular flexibility index (Phi) is 5.74. The van der Waals surface area contributed by atoms with Crippen LogP contribution in [0.5, 0.6) is 0 Å². The van der Waals surface area contributed by atoms with Gasteiger partial charge in [-0.2, -0.15) is 4.98 Å². The highest BCUT2D eigenvalue weighted by atomic mass is 16.3. The Hall–Kier alpha value is -2.18. The van der Waals surface area contributed by atoms with Gasteiger partial charge in [0.1, 0.15) is 5.82 Å². The number of benzene rings is 1. The molecule has 0 radical (unpaired) electrons. The van der Waals surface area contributed by atoms with Crippen LogP contribution in [0.4, 0.5) is 11.8 Å². The van der Waals surface area contributed by atoms with Crippen molar-refractivity contribution in [3.63, 3.8) is 0 Å². The maximum absolute atomic E-state index is 9.76. The average Bonchev–Trinajstić information content (AvgIpc) is 2.65. The standard InChI is InChI=1S/C20H28N4O2/c1-13(2)18(12-25)22-20-21-8-6-19(23-20)24-9-7-16-10-15(14(3)26)4-5-17(16)11-24/h4-6,8,10,13-14,18,25-26H,7,9,11-12H2,1-3H3,(H,21,22,23)/t14-,18+/m1/s1. The summed E-state index contributed by atoms with van der Waals surface area (Å²) in [6.45, 7) is 7.62. The van der Waals surface area contributed by atoms with Crippen LogP contribution in [0.3, 0.4) is 0 Å². The third kappa shape index (κ3) is 4.14. The molecule has 2 heterocycles. The summed E-state index contributed by atoms with van der Waals surface area (Å²) in [7, 11) is 0. The van der Waals surface area contributed by atoms with Crippen molar-refractivity contribution >= 4 is 11.8 Å². The molecule has 1 aromatic heterocycles. The summed E-state index contributed by atoms with van der Waals surface area (Å²) >= 11 is 0. The summed E-state index contributed by atoms with van der Waals surface area (Å²) in [5.74, 6) is 1.72. The second kappa shape index (κ2) is 8.01. The van der Waals surface area contributed by atoms with Crippen LogP contribution in [0.1, 0.15) is 43.6 Å². The molecule has 3 N–H and O–H groups in total. The van der Waals surface area contributed by atoms with Crippen LogP contribution in [0, 0.1) is 5.92 Å². The van der Waals surface area contributed by atoms with Crippen LogP contribution in [-0.2, 0) is 13.0 Å². The van der Waals surface area contributed by atoms with E-state index in [1.54, 1.807) is 13.1 Å². The minimum Gasteiger partial charge on any atom is -0.394 e. The molecule has 0 spiro atoms. The maximum atomic E-state index is 9.76. The lowest BCUT2D eigenvalue weighted by molar-refractivity contribution is 0.199. The largest absolute Gasteiger partial charge is 0.394 e. The number of fused-ring (bicyclic) bond motifs is 1. The fourth-order valence-corrected chi connectivity index (χ4v) is 3.21. The second-order valence-electron chi connectivity index (χ2n) is 7.29. The van der Waals surface area contributed by atoms with Crippen molar-refractivity contribution in [2.75, 3.05) is 23.4 Å². The monoisotopic (exact) mass is 356 g/mol. The van der Waals surface area contributed by atoms with Gasteiger partial charge in [-0.15, -0.1) is 0 Å². The average molecular weight is 356 g/mol. The molecule has 6 nitrogen and oxygen atoms in total. The SMILES string of the molecule is CC(C)[C@H](CO)Nc1nccc(N2CCc3cc([C@@H](C)O)ccc3C2)n1. The Morgan fingerprint density at radius 2 is 2.00 bits per heavy atom. The van der Waals surface area contributed by atoms with Gasteiger partial charge >= 0.3 is 0 Å². The van der Waals surface area contributed by atoms with Crippen molar-refractivity contribution < 1.29 is 10.2 Å². The van der Waals surface area contributed by atoms with Crippen molar-refractivity contribution in [3.05, 3.63) is 47.2 Å². The Bertz CT molecular complexity index is 748. The van der Waals surface area contributed by atoms with Crippen molar-refractivity contribution in [2.45, 2.75) is 45.9 Å². The zero-order valence-electron chi connectivity index (χ0n) is 15.7. The lowest BCUT2D eigenvalue weighted by Gasteiger charge is -2.30. The van der Waals surface area contributed by atoms with Crippen molar-refractivity contribution in [2.24, 2.45) is 5.92 Å². The molecule has 0 bridgehead atoms. The molecular formula is C20H28N4O2. The van der Waals surface area contributed by atoms with Gasteiger partial charge in [0.2, 0.25) is 5.95 Å². The van der Waals surface area contributed by atoms with Crippen LogP contribution in [-0.4, -0.2) is 39.4 Å². The van der Waals surface area contributed by atoms with Crippen molar-refractivity contribution in [1.29, 1.82) is 0 Å². The summed E-state index contributed by atoms with van der Waals surface area (Å²) < 4.78 is 0. The van der Waals surface area contributed by atoms with Crippen molar-refractivity contribution in [1.82, 2.24) is 9.97 Å². The molecule has 26 heavy (non-hydrogen) atoms. The Morgan fingerprint density at radius 3 is 2.69 bits per heavy atom. The quantitative estimate of drug-likeness (QED) is 0.738. The summed E-state index contributed by atoms with van der Waals surface area (Å²) in [6.07, 6.45) is 2.24. The molecule has 1 aromatic carbocycles. The number of anilines is 2. The fraction of sp³-hybridized carbons (Fsp3) is 0.500. The number of aliphatic hydroxyl groups is 2. The highest BCUT2D eigenvalue weighted by Gasteiger charge is 2.20. The van der Waals surface area contributed by atoms with Gasteiger partial charge < -0.3 is 20.4 Å². The Morgan fingerprint density at radius 1 is 1.19 bits per heavy atom. The number of hydrogen-bond donors (Lipinski definition) is 3. The number of rotatable bonds is 6.